The van der Waals surface area contributed by atoms with Gasteiger partial charge in [-0.2, -0.15) is 0 Å². The number of halogens is 2. The largest absolute Gasteiger partial charge is 0.379 e. The summed E-state index contributed by atoms with van der Waals surface area (Å²) < 4.78 is 5.19. The van der Waals surface area contributed by atoms with Crippen molar-refractivity contribution >= 4 is 32.9 Å². The van der Waals surface area contributed by atoms with Crippen LogP contribution in [0, 0.1) is 0 Å². The molecule has 1 aliphatic rings. The van der Waals surface area contributed by atoms with Crippen LogP contribution in [0.25, 0.3) is 0 Å². The van der Waals surface area contributed by atoms with Gasteiger partial charge in [0, 0.05) is 25.0 Å². The van der Waals surface area contributed by atoms with Crippen molar-refractivity contribution in [2.75, 3.05) is 38.2 Å². The molecule has 0 aromatic heterocycles. The summed E-state index contributed by atoms with van der Waals surface area (Å²) >= 11 is 3.40. The van der Waals surface area contributed by atoms with E-state index in [1.165, 1.54) is 0 Å². The maximum atomic E-state index is 5.19. The van der Waals surface area contributed by atoms with Gasteiger partial charge in [-0.15, -0.1) is 17.0 Å². The van der Waals surface area contributed by atoms with Gasteiger partial charge in [-0.1, -0.05) is 15.9 Å². The fourth-order valence-corrected chi connectivity index (χ4v) is 1.45. The normalized spacial score (nSPS) is 20.1. The minimum atomic E-state index is 0. The van der Waals surface area contributed by atoms with E-state index in [-0.39, 0.29) is 17.0 Å². The molecule has 1 saturated heterocycles. The van der Waals surface area contributed by atoms with Crippen LogP contribution in [0.1, 0.15) is 0 Å². The molecule has 0 unspecified atom stereocenters. The van der Waals surface area contributed by atoms with Gasteiger partial charge in [0.25, 0.3) is 0 Å². The van der Waals surface area contributed by atoms with Crippen LogP contribution in [0.4, 0.5) is 0 Å². The lowest BCUT2D eigenvalue weighted by molar-refractivity contribution is 0.0411. The molecule has 0 aliphatic carbocycles. The summed E-state index contributed by atoms with van der Waals surface area (Å²) in [6.45, 7) is 5.18. The molecule has 1 fully saturated rings. The van der Waals surface area contributed by atoms with E-state index in [9.17, 15) is 0 Å². The molecule has 0 bridgehead atoms. The third-order valence-corrected chi connectivity index (χ3v) is 1.86. The Morgan fingerprint density at radius 1 is 1.30 bits per heavy atom. The number of alkyl halides is 1. The van der Waals surface area contributed by atoms with Crippen molar-refractivity contribution in [3.63, 3.8) is 0 Å². The minimum absolute atomic E-state index is 0. The quantitative estimate of drug-likeness (QED) is 0.704. The maximum Gasteiger partial charge on any atom is 0.0594 e. The Kier molecular flexibility index (Phi) is 7.16. The highest BCUT2D eigenvalue weighted by Crippen LogP contribution is 1.96. The van der Waals surface area contributed by atoms with Gasteiger partial charge in [-0.25, -0.2) is 0 Å². The third-order valence-electron chi connectivity index (χ3n) is 1.50. The summed E-state index contributed by atoms with van der Waals surface area (Å²) in [6, 6.07) is 0. The molecule has 1 rings (SSSR count). The first-order valence-electron chi connectivity index (χ1n) is 3.29. The first-order valence-corrected chi connectivity index (χ1v) is 4.41. The molecule has 0 saturated carbocycles. The Morgan fingerprint density at radius 3 is 2.40 bits per heavy atom. The molecule has 0 N–H and O–H groups in total. The van der Waals surface area contributed by atoms with Crippen molar-refractivity contribution < 1.29 is 4.74 Å². The molecule has 2 nitrogen and oxygen atoms in total. The summed E-state index contributed by atoms with van der Waals surface area (Å²) in [6.07, 6.45) is 0. The first kappa shape index (κ1) is 10.9. The van der Waals surface area contributed by atoms with Gasteiger partial charge in [0.1, 0.15) is 0 Å². The van der Waals surface area contributed by atoms with E-state index in [1.807, 2.05) is 0 Å². The van der Waals surface area contributed by atoms with Gasteiger partial charge >= 0.3 is 0 Å². The minimum Gasteiger partial charge on any atom is -0.379 e. The van der Waals surface area contributed by atoms with Crippen molar-refractivity contribution in [1.82, 2.24) is 4.90 Å². The molecule has 0 amide bonds. The Balaban J connectivity index is 0.000000810. The zero-order valence-corrected chi connectivity index (χ0v) is 9.18. The summed E-state index contributed by atoms with van der Waals surface area (Å²) in [4.78, 5) is 2.40. The molecular weight excluding hydrogens is 262 g/mol. The second-order valence-electron chi connectivity index (χ2n) is 2.14. The third kappa shape index (κ3) is 3.91. The molecular formula is C6H13Br2NO. The smallest absolute Gasteiger partial charge is 0.0594 e. The second kappa shape index (κ2) is 6.58. The van der Waals surface area contributed by atoms with Crippen LogP contribution >= 0.6 is 32.9 Å². The fraction of sp³-hybridized carbons (Fsp3) is 1.00. The highest BCUT2D eigenvalue weighted by molar-refractivity contribution is 9.09. The Labute approximate surface area is 80.8 Å². The number of nitrogens with zero attached hydrogens (tertiary/aromatic N) is 1. The van der Waals surface area contributed by atoms with E-state index in [2.05, 4.69) is 20.8 Å². The molecule has 0 aromatic rings. The highest BCUT2D eigenvalue weighted by atomic mass is 79.9. The zero-order valence-electron chi connectivity index (χ0n) is 5.88. The molecule has 0 spiro atoms. The van der Waals surface area contributed by atoms with Crippen LogP contribution in [0.5, 0.6) is 0 Å². The summed E-state index contributed by atoms with van der Waals surface area (Å²) in [5.74, 6) is 0. The van der Waals surface area contributed by atoms with Crippen molar-refractivity contribution in [2.24, 2.45) is 0 Å². The molecule has 0 aromatic carbocycles. The van der Waals surface area contributed by atoms with E-state index in [0.717, 1.165) is 38.2 Å². The number of rotatable bonds is 2. The van der Waals surface area contributed by atoms with Crippen molar-refractivity contribution in [2.45, 2.75) is 0 Å². The molecule has 1 aliphatic heterocycles. The summed E-state index contributed by atoms with van der Waals surface area (Å²) in [5.41, 5.74) is 0. The Hall–Kier alpha value is 0.880. The van der Waals surface area contributed by atoms with Gasteiger partial charge < -0.3 is 4.74 Å². The maximum absolute atomic E-state index is 5.19. The van der Waals surface area contributed by atoms with E-state index in [0.29, 0.717) is 0 Å². The number of ether oxygens (including phenoxy) is 1. The predicted octanol–water partition coefficient (Wildman–Crippen LogP) is 1.29. The van der Waals surface area contributed by atoms with Gasteiger partial charge in [-0.05, 0) is 0 Å². The summed E-state index contributed by atoms with van der Waals surface area (Å²) in [5, 5.41) is 1.08. The standard InChI is InChI=1S/C6H12BrNO.BrH/c7-1-2-8-3-5-9-6-4-8;/h1-6H2;1H. The van der Waals surface area contributed by atoms with E-state index in [1.54, 1.807) is 0 Å². The number of hydrogen-bond acceptors (Lipinski definition) is 2. The average molecular weight is 275 g/mol. The lowest BCUT2D eigenvalue weighted by atomic mass is 10.4. The predicted molar refractivity (Wildman–Crippen MR) is 51.4 cm³/mol. The van der Waals surface area contributed by atoms with E-state index in [4.69, 9.17) is 4.74 Å². The monoisotopic (exact) mass is 273 g/mol. The van der Waals surface area contributed by atoms with Crippen LogP contribution in [0.15, 0.2) is 0 Å². The van der Waals surface area contributed by atoms with Crippen LogP contribution < -0.4 is 0 Å². The van der Waals surface area contributed by atoms with Crippen molar-refractivity contribution in [1.29, 1.82) is 0 Å². The Morgan fingerprint density at radius 2 is 1.90 bits per heavy atom. The van der Waals surface area contributed by atoms with Crippen molar-refractivity contribution in [3.8, 4) is 0 Å². The Bertz CT molecular complexity index is 73.4. The highest BCUT2D eigenvalue weighted by Gasteiger charge is 2.07. The van der Waals surface area contributed by atoms with Crippen molar-refractivity contribution in [3.05, 3.63) is 0 Å². The molecule has 4 heteroatoms. The van der Waals surface area contributed by atoms with Gasteiger partial charge in [-0.3, -0.25) is 4.90 Å². The molecule has 62 valence electrons. The molecule has 0 radical (unpaired) electrons. The van der Waals surface area contributed by atoms with Gasteiger partial charge in [0.05, 0.1) is 13.2 Å². The lowest BCUT2D eigenvalue weighted by Crippen LogP contribution is -2.37. The van der Waals surface area contributed by atoms with Crippen LogP contribution in [0.2, 0.25) is 0 Å². The first-order chi connectivity index (χ1) is 4.43. The average Bonchev–Trinajstić information content (AvgIpc) is 1.91. The lowest BCUT2D eigenvalue weighted by Gasteiger charge is -2.25. The van der Waals surface area contributed by atoms with Gasteiger partial charge in [0.15, 0.2) is 0 Å². The van der Waals surface area contributed by atoms with Crippen LogP contribution in [-0.2, 0) is 4.74 Å². The zero-order chi connectivity index (χ0) is 6.53. The molecule has 1 heterocycles. The topological polar surface area (TPSA) is 12.5 Å². The summed E-state index contributed by atoms with van der Waals surface area (Å²) in [7, 11) is 0. The van der Waals surface area contributed by atoms with E-state index >= 15 is 0 Å². The van der Waals surface area contributed by atoms with Crippen LogP contribution in [0.3, 0.4) is 0 Å². The molecule has 10 heavy (non-hydrogen) atoms. The fourth-order valence-electron chi connectivity index (χ4n) is 0.944. The van der Waals surface area contributed by atoms with E-state index < -0.39 is 0 Å². The number of hydrogen-bond donors (Lipinski definition) is 0. The van der Waals surface area contributed by atoms with Crippen LogP contribution in [-0.4, -0.2) is 43.1 Å². The second-order valence-corrected chi connectivity index (χ2v) is 2.94. The molecule has 0 atom stereocenters. The van der Waals surface area contributed by atoms with Gasteiger partial charge in [0.2, 0.25) is 0 Å². The number of morpholine rings is 1. The SMILES string of the molecule is Br.BrCCN1CCOCC1.